The summed E-state index contributed by atoms with van der Waals surface area (Å²) in [6.45, 7) is 3.53. The third kappa shape index (κ3) is 3.00. The molecule has 1 aliphatic heterocycles. The zero-order valence-corrected chi connectivity index (χ0v) is 13.5. The van der Waals surface area contributed by atoms with Crippen LogP contribution in [0.25, 0.3) is 0 Å². The first-order valence-electron chi connectivity index (χ1n) is 7.55. The predicted octanol–water partition coefficient (Wildman–Crippen LogP) is 2.17. The maximum Gasteiger partial charge on any atom is 0.118 e. The summed E-state index contributed by atoms with van der Waals surface area (Å²) in [5.41, 5.74) is 3.77. The molecule has 1 aliphatic rings. The number of aryl methyl sites for hydroxylation is 1. The van der Waals surface area contributed by atoms with Crippen LogP contribution in [0.5, 0.6) is 5.75 Å². The van der Waals surface area contributed by atoms with Crippen LogP contribution in [-0.2, 0) is 24.9 Å². The molecule has 0 N–H and O–H groups in total. The van der Waals surface area contributed by atoms with Gasteiger partial charge in [0.15, 0.2) is 0 Å². The molecule has 118 valence electrons. The van der Waals surface area contributed by atoms with E-state index in [-0.39, 0.29) is 0 Å². The van der Waals surface area contributed by atoms with Crippen molar-refractivity contribution in [3.05, 3.63) is 47.5 Å². The molecule has 2 aromatic rings. The van der Waals surface area contributed by atoms with Gasteiger partial charge in [0.1, 0.15) is 5.75 Å². The molecule has 5 heteroatoms. The van der Waals surface area contributed by atoms with E-state index in [1.54, 1.807) is 14.2 Å². The number of aromatic nitrogens is 2. The minimum Gasteiger partial charge on any atom is -0.497 e. The van der Waals surface area contributed by atoms with Gasteiger partial charge in [0.25, 0.3) is 0 Å². The Balaban J connectivity index is 1.75. The molecule has 3 rings (SSSR count). The quantitative estimate of drug-likeness (QED) is 0.848. The lowest BCUT2D eigenvalue weighted by molar-refractivity contribution is 0.132. The van der Waals surface area contributed by atoms with Crippen molar-refractivity contribution in [2.75, 3.05) is 27.4 Å². The fraction of sp³-hybridized carbons (Fsp3) is 0.471. The van der Waals surface area contributed by atoms with E-state index in [0.717, 1.165) is 32.0 Å². The molecule has 0 aliphatic carbocycles. The molecule has 0 radical (unpaired) electrons. The summed E-state index contributed by atoms with van der Waals surface area (Å²) >= 11 is 0. The van der Waals surface area contributed by atoms with Crippen molar-refractivity contribution in [1.29, 1.82) is 0 Å². The van der Waals surface area contributed by atoms with Gasteiger partial charge in [-0.05, 0) is 17.7 Å². The molecule has 0 fully saturated rings. The van der Waals surface area contributed by atoms with Gasteiger partial charge in [0, 0.05) is 45.4 Å². The molecule has 0 unspecified atom stereocenters. The van der Waals surface area contributed by atoms with Crippen molar-refractivity contribution in [1.82, 2.24) is 14.5 Å². The zero-order chi connectivity index (χ0) is 15.5. The molecule has 0 saturated carbocycles. The van der Waals surface area contributed by atoms with Crippen molar-refractivity contribution in [2.24, 2.45) is 7.05 Å². The van der Waals surface area contributed by atoms with Crippen LogP contribution in [0.3, 0.4) is 0 Å². The van der Waals surface area contributed by atoms with E-state index in [9.17, 15) is 0 Å². The molecular weight excluding hydrogens is 278 g/mol. The molecule has 5 nitrogen and oxygen atoms in total. The molecule has 0 saturated heterocycles. The topological polar surface area (TPSA) is 39.5 Å². The number of hydrogen-bond donors (Lipinski definition) is 0. The Bertz CT molecular complexity index is 621. The molecule has 2 heterocycles. The number of benzene rings is 1. The molecule has 0 spiro atoms. The van der Waals surface area contributed by atoms with Crippen LogP contribution in [0.15, 0.2) is 30.6 Å². The smallest absolute Gasteiger partial charge is 0.118 e. The highest BCUT2D eigenvalue weighted by molar-refractivity contribution is 5.28. The fourth-order valence-corrected chi connectivity index (χ4v) is 3.25. The van der Waals surface area contributed by atoms with Crippen LogP contribution in [0.4, 0.5) is 0 Å². The average Bonchev–Trinajstić information content (AvgIpc) is 2.90. The van der Waals surface area contributed by atoms with Gasteiger partial charge in [0.2, 0.25) is 0 Å². The minimum atomic E-state index is 0.375. The van der Waals surface area contributed by atoms with E-state index in [1.165, 1.54) is 17.0 Å². The summed E-state index contributed by atoms with van der Waals surface area (Å²) in [5.74, 6) is 1.27. The van der Waals surface area contributed by atoms with Gasteiger partial charge in [0.05, 0.1) is 25.7 Å². The Morgan fingerprint density at radius 1 is 1.23 bits per heavy atom. The molecule has 0 bridgehead atoms. The summed E-state index contributed by atoms with van der Waals surface area (Å²) in [4.78, 5) is 6.99. The van der Waals surface area contributed by atoms with Gasteiger partial charge in [-0.2, -0.15) is 0 Å². The second-order valence-corrected chi connectivity index (χ2v) is 5.86. The van der Waals surface area contributed by atoms with Crippen molar-refractivity contribution in [3.63, 3.8) is 0 Å². The fourth-order valence-electron chi connectivity index (χ4n) is 3.25. The van der Waals surface area contributed by atoms with E-state index in [0.29, 0.717) is 5.92 Å². The number of fused-ring (bicyclic) bond motifs is 1. The summed E-state index contributed by atoms with van der Waals surface area (Å²) in [6.07, 6.45) is 1.91. The SMILES string of the molecule is COC[C@H]1CN(Cc2ccc(OC)cc2)Cc2ncn(C)c21. The number of imidazole rings is 1. The normalized spacial score (nSPS) is 18.2. The van der Waals surface area contributed by atoms with Gasteiger partial charge in [-0.25, -0.2) is 4.98 Å². The van der Waals surface area contributed by atoms with Crippen molar-refractivity contribution in [2.45, 2.75) is 19.0 Å². The highest BCUT2D eigenvalue weighted by Crippen LogP contribution is 2.28. The largest absolute Gasteiger partial charge is 0.497 e. The highest BCUT2D eigenvalue weighted by Gasteiger charge is 2.28. The van der Waals surface area contributed by atoms with Gasteiger partial charge >= 0.3 is 0 Å². The van der Waals surface area contributed by atoms with E-state index in [2.05, 4.69) is 33.6 Å². The average molecular weight is 301 g/mol. The van der Waals surface area contributed by atoms with Crippen molar-refractivity contribution >= 4 is 0 Å². The van der Waals surface area contributed by atoms with Gasteiger partial charge in [-0.15, -0.1) is 0 Å². The molecule has 1 aromatic heterocycles. The van der Waals surface area contributed by atoms with Crippen LogP contribution in [-0.4, -0.2) is 41.8 Å². The molecule has 1 atom stereocenters. The Morgan fingerprint density at radius 2 is 2.00 bits per heavy atom. The van der Waals surface area contributed by atoms with Crippen molar-refractivity contribution < 1.29 is 9.47 Å². The predicted molar refractivity (Wildman–Crippen MR) is 84.9 cm³/mol. The standard InChI is InChI=1S/C17H23N3O2/c1-19-12-18-16-10-20(9-14(11-21-2)17(16)19)8-13-4-6-15(22-3)7-5-13/h4-7,12,14H,8-11H2,1-3H3/t14-/m1/s1. The zero-order valence-electron chi connectivity index (χ0n) is 13.5. The lowest BCUT2D eigenvalue weighted by atomic mass is 9.98. The van der Waals surface area contributed by atoms with Gasteiger partial charge in [-0.1, -0.05) is 12.1 Å². The molecular formula is C17H23N3O2. The molecule has 0 amide bonds. The summed E-state index contributed by atoms with van der Waals surface area (Å²) in [5, 5.41) is 0. The number of hydrogen-bond acceptors (Lipinski definition) is 4. The summed E-state index contributed by atoms with van der Waals surface area (Å²) in [6, 6.07) is 8.27. The third-order valence-corrected chi connectivity index (χ3v) is 4.23. The second-order valence-electron chi connectivity index (χ2n) is 5.86. The lowest BCUT2D eigenvalue weighted by Gasteiger charge is -2.32. The van der Waals surface area contributed by atoms with Gasteiger partial charge < -0.3 is 14.0 Å². The molecule has 1 aromatic carbocycles. The maximum absolute atomic E-state index is 5.41. The summed E-state index contributed by atoms with van der Waals surface area (Å²) in [7, 11) is 5.52. The second kappa shape index (κ2) is 6.50. The van der Waals surface area contributed by atoms with E-state index < -0.39 is 0 Å². The first-order chi connectivity index (χ1) is 10.7. The number of ether oxygens (including phenoxy) is 2. The Hall–Kier alpha value is -1.85. The highest BCUT2D eigenvalue weighted by atomic mass is 16.5. The number of methoxy groups -OCH3 is 2. The van der Waals surface area contributed by atoms with Crippen LogP contribution in [0.1, 0.15) is 22.9 Å². The van der Waals surface area contributed by atoms with Crippen molar-refractivity contribution in [3.8, 4) is 5.75 Å². The van der Waals surface area contributed by atoms with Crippen LogP contribution >= 0.6 is 0 Å². The summed E-state index contributed by atoms with van der Waals surface area (Å²) < 4.78 is 12.8. The molecule has 22 heavy (non-hydrogen) atoms. The Labute approximate surface area is 131 Å². The first-order valence-corrected chi connectivity index (χ1v) is 7.55. The number of rotatable bonds is 5. The van der Waals surface area contributed by atoms with E-state index in [4.69, 9.17) is 9.47 Å². The van der Waals surface area contributed by atoms with Gasteiger partial charge in [-0.3, -0.25) is 4.90 Å². The lowest BCUT2D eigenvalue weighted by Crippen LogP contribution is -2.35. The third-order valence-electron chi connectivity index (χ3n) is 4.23. The van der Waals surface area contributed by atoms with Crippen LogP contribution in [0.2, 0.25) is 0 Å². The van der Waals surface area contributed by atoms with E-state index >= 15 is 0 Å². The first kappa shape index (κ1) is 15.1. The number of nitrogens with zero attached hydrogens (tertiary/aromatic N) is 3. The van der Waals surface area contributed by atoms with Crippen LogP contribution < -0.4 is 4.74 Å². The Kier molecular flexibility index (Phi) is 4.45. The monoisotopic (exact) mass is 301 g/mol. The minimum absolute atomic E-state index is 0.375. The Morgan fingerprint density at radius 3 is 2.68 bits per heavy atom. The maximum atomic E-state index is 5.41. The van der Waals surface area contributed by atoms with E-state index in [1.807, 2.05) is 18.5 Å². The van der Waals surface area contributed by atoms with Crippen LogP contribution in [0, 0.1) is 0 Å².